The standard InChI is InChI=1S/C22H21NO2.ClH/c24-22(19-13-12-17-7-4-5-8-18(17)15-19)25-21-11-6-14-23(16-21)20-9-2-1-3-10-20;/h1-5,7-10,12-13,15,21H,6,11,14,16H2;1H. The normalized spacial score (nSPS) is 16.8. The zero-order valence-corrected chi connectivity index (χ0v) is 15.3. The minimum Gasteiger partial charge on any atom is -0.457 e. The number of carbonyl (C=O) groups excluding carboxylic acids is 1. The van der Waals surface area contributed by atoms with Crippen LogP contribution >= 0.6 is 12.4 Å². The smallest absolute Gasteiger partial charge is 0.338 e. The van der Waals surface area contributed by atoms with E-state index in [1.54, 1.807) is 0 Å². The summed E-state index contributed by atoms with van der Waals surface area (Å²) in [6.07, 6.45) is 1.89. The number of rotatable bonds is 3. The third kappa shape index (κ3) is 4.00. The molecule has 0 spiro atoms. The summed E-state index contributed by atoms with van der Waals surface area (Å²) in [7, 11) is 0. The molecular weight excluding hydrogens is 346 g/mol. The highest BCUT2D eigenvalue weighted by Crippen LogP contribution is 2.22. The van der Waals surface area contributed by atoms with Crippen LogP contribution in [0.3, 0.4) is 0 Å². The van der Waals surface area contributed by atoms with Crippen LogP contribution in [-0.4, -0.2) is 25.2 Å². The molecule has 0 amide bonds. The van der Waals surface area contributed by atoms with Gasteiger partial charge in [0, 0.05) is 12.2 Å². The van der Waals surface area contributed by atoms with E-state index in [1.165, 1.54) is 5.69 Å². The molecule has 1 unspecified atom stereocenters. The lowest BCUT2D eigenvalue weighted by atomic mass is 10.1. The first-order valence-electron chi connectivity index (χ1n) is 8.79. The van der Waals surface area contributed by atoms with E-state index in [2.05, 4.69) is 17.0 Å². The lowest BCUT2D eigenvalue weighted by Crippen LogP contribution is -2.40. The number of hydrogen-bond donors (Lipinski definition) is 0. The van der Waals surface area contributed by atoms with Gasteiger partial charge in [-0.1, -0.05) is 48.5 Å². The summed E-state index contributed by atoms with van der Waals surface area (Å²) in [5.74, 6) is -0.231. The van der Waals surface area contributed by atoms with Crippen LogP contribution in [0.15, 0.2) is 72.8 Å². The van der Waals surface area contributed by atoms with E-state index in [4.69, 9.17) is 4.74 Å². The van der Waals surface area contributed by atoms with Gasteiger partial charge in [0.1, 0.15) is 6.10 Å². The van der Waals surface area contributed by atoms with E-state index in [0.717, 1.165) is 36.7 Å². The molecule has 1 aliphatic rings. The van der Waals surface area contributed by atoms with Crippen molar-refractivity contribution >= 4 is 34.8 Å². The molecule has 3 nitrogen and oxygen atoms in total. The number of piperidine rings is 1. The summed E-state index contributed by atoms with van der Waals surface area (Å²) >= 11 is 0. The Kier molecular flexibility index (Phi) is 5.79. The van der Waals surface area contributed by atoms with Crippen LogP contribution in [0.5, 0.6) is 0 Å². The number of benzene rings is 3. The number of halogens is 1. The lowest BCUT2D eigenvalue weighted by Gasteiger charge is -2.34. The van der Waals surface area contributed by atoms with Crippen molar-refractivity contribution in [3.63, 3.8) is 0 Å². The average Bonchev–Trinajstić information content (AvgIpc) is 2.68. The SMILES string of the molecule is Cl.O=C(OC1CCCN(c2ccccc2)C1)c1ccc2ccccc2c1. The van der Waals surface area contributed by atoms with Crippen LogP contribution in [-0.2, 0) is 4.74 Å². The van der Waals surface area contributed by atoms with Gasteiger partial charge in [0.05, 0.1) is 12.1 Å². The summed E-state index contributed by atoms with van der Waals surface area (Å²) in [6.45, 7) is 1.76. The second-order valence-electron chi connectivity index (χ2n) is 6.51. The van der Waals surface area contributed by atoms with Crippen LogP contribution in [0, 0.1) is 0 Å². The topological polar surface area (TPSA) is 29.5 Å². The predicted molar refractivity (Wildman–Crippen MR) is 108 cm³/mol. The maximum Gasteiger partial charge on any atom is 0.338 e. The third-order valence-electron chi connectivity index (χ3n) is 4.76. The van der Waals surface area contributed by atoms with E-state index in [1.807, 2.05) is 60.7 Å². The van der Waals surface area contributed by atoms with Crippen molar-refractivity contribution in [2.75, 3.05) is 18.0 Å². The van der Waals surface area contributed by atoms with Gasteiger partial charge in [0.15, 0.2) is 0 Å². The van der Waals surface area contributed by atoms with E-state index in [0.29, 0.717) is 5.56 Å². The molecule has 1 fully saturated rings. The Hall–Kier alpha value is -2.52. The Morgan fingerprint density at radius 3 is 2.46 bits per heavy atom. The van der Waals surface area contributed by atoms with Crippen LogP contribution in [0.2, 0.25) is 0 Å². The first-order valence-corrected chi connectivity index (χ1v) is 8.79. The van der Waals surface area contributed by atoms with Gasteiger partial charge in [-0.3, -0.25) is 0 Å². The maximum absolute atomic E-state index is 12.6. The van der Waals surface area contributed by atoms with Crippen molar-refractivity contribution in [2.45, 2.75) is 18.9 Å². The number of esters is 1. The molecule has 4 heteroatoms. The Labute approximate surface area is 160 Å². The van der Waals surface area contributed by atoms with Crippen molar-refractivity contribution in [1.82, 2.24) is 0 Å². The van der Waals surface area contributed by atoms with Gasteiger partial charge in [-0.25, -0.2) is 4.79 Å². The van der Waals surface area contributed by atoms with Crippen LogP contribution in [0.1, 0.15) is 23.2 Å². The molecular formula is C22H22ClNO2. The Bertz CT molecular complexity index is 881. The lowest BCUT2D eigenvalue weighted by molar-refractivity contribution is 0.0270. The van der Waals surface area contributed by atoms with Crippen LogP contribution in [0.25, 0.3) is 10.8 Å². The van der Waals surface area contributed by atoms with Gasteiger partial charge in [0.25, 0.3) is 0 Å². The van der Waals surface area contributed by atoms with Gasteiger partial charge in [0.2, 0.25) is 0 Å². The Morgan fingerprint density at radius 2 is 1.65 bits per heavy atom. The number of nitrogens with zero attached hydrogens (tertiary/aromatic N) is 1. The van der Waals surface area contributed by atoms with Gasteiger partial charge >= 0.3 is 5.97 Å². The summed E-state index contributed by atoms with van der Waals surface area (Å²) in [5.41, 5.74) is 1.81. The minimum absolute atomic E-state index is 0. The zero-order valence-electron chi connectivity index (χ0n) is 14.5. The van der Waals surface area contributed by atoms with E-state index in [9.17, 15) is 4.79 Å². The summed E-state index contributed by atoms with van der Waals surface area (Å²) in [5, 5.41) is 2.19. The molecule has 3 aromatic carbocycles. The van der Waals surface area contributed by atoms with Crippen LogP contribution < -0.4 is 4.90 Å². The first-order chi connectivity index (χ1) is 12.3. The molecule has 0 radical (unpaired) electrons. The van der Waals surface area contributed by atoms with Gasteiger partial charge in [-0.05, 0) is 47.9 Å². The van der Waals surface area contributed by atoms with Crippen molar-refractivity contribution in [1.29, 1.82) is 0 Å². The van der Waals surface area contributed by atoms with Crippen molar-refractivity contribution in [3.8, 4) is 0 Å². The molecule has 134 valence electrons. The molecule has 26 heavy (non-hydrogen) atoms. The quantitative estimate of drug-likeness (QED) is 0.604. The molecule has 0 saturated carbocycles. The fraction of sp³-hybridized carbons (Fsp3) is 0.227. The average molecular weight is 368 g/mol. The first kappa shape index (κ1) is 18.3. The Morgan fingerprint density at radius 1 is 0.923 bits per heavy atom. The minimum atomic E-state index is -0.231. The predicted octanol–water partition coefficient (Wildman–Crippen LogP) is 5.09. The van der Waals surface area contributed by atoms with Crippen molar-refractivity contribution in [3.05, 3.63) is 78.4 Å². The fourth-order valence-electron chi connectivity index (χ4n) is 3.44. The van der Waals surface area contributed by atoms with Crippen molar-refractivity contribution in [2.24, 2.45) is 0 Å². The molecule has 1 aliphatic heterocycles. The van der Waals surface area contributed by atoms with Gasteiger partial charge < -0.3 is 9.64 Å². The molecule has 1 heterocycles. The number of fused-ring (bicyclic) bond motifs is 1. The fourth-order valence-corrected chi connectivity index (χ4v) is 3.44. The molecule has 1 atom stereocenters. The number of anilines is 1. The molecule has 0 aliphatic carbocycles. The summed E-state index contributed by atoms with van der Waals surface area (Å²) < 4.78 is 5.80. The monoisotopic (exact) mass is 367 g/mol. The number of ether oxygens (including phenoxy) is 1. The van der Waals surface area contributed by atoms with Gasteiger partial charge in [-0.15, -0.1) is 12.4 Å². The van der Waals surface area contributed by atoms with E-state index < -0.39 is 0 Å². The Balaban J connectivity index is 0.00000196. The third-order valence-corrected chi connectivity index (χ3v) is 4.76. The molecule has 3 aromatic rings. The largest absolute Gasteiger partial charge is 0.457 e. The molecule has 1 saturated heterocycles. The second kappa shape index (κ2) is 8.24. The molecule has 0 bridgehead atoms. The van der Waals surface area contributed by atoms with E-state index >= 15 is 0 Å². The highest BCUT2D eigenvalue weighted by Gasteiger charge is 2.23. The number of carbonyl (C=O) groups is 1. The molecule has 4 rings (SSSR count). The van der Waals surface area contributed by atoms with Gasteiger partial charge in [-0.2, -0.15) is 0 Å². The van der Waals surface area contributed by atoms with E-state index in [-0.39, 0.29) is 24.5 Å². The highest BCUT2D eigenvalue weighted by atomic mass is 35.5. The zero-order chi connectivity index (χ0) is 17.1. The molecule has 0 aromatic heterocycles. The van der Waals surface area contributed by atoms with Crippen molar-refractivity contribution < 1.29 is 9.53 Å². The summed E-state index contributed by atoms with van der Waals surface area (Å²) in [4.78, 5) is 14.9. The number of hydrogen-bond acceptors (Lipinski definition) is 3. The second-order valence-corrected chi connectivity index (χ2v) is 6.51. The summed E-state index contributed by atoms with van der Waals surface area (Å²) in [6, 6.07) is 24.1. The number of para-hydroxylation sites is 1. The van der Waals surface area contributed by atoms with Crippen LogP contribution in [0.4, 0.5) is 5.69 Å². The maximum atomic E-state index is 12.6. The molecule has 0 N–H and O–H groups in total. The highest BCUT2D eigenvalue weighted by molar-refractivity contribution is 5.95.